The molecular formula is C11H10F2N4O2. The highest BCUT2D eigenvalue weighted by atomic mass is 19.2. The van der Waals surface area contributed by atoms with E-state index in [-0.39, 0.29) is 23.7 Å². The molecule has 0 aliphatic heterocycles. The third-order valence-electron chi connectivity index (χ3n) is 2.10. The van der Waals surface area contributed by atoms with Gasteiger partial charge in [-0.2, -0.15) is 9.97 Å². The SMILES string of the molecule is CNc1nc(OC)nc(Oc2ccc(F)c(F)c2)n1. The lowest BCUT2D eigenvalue weighted by atomic mass is 10.3. The predicted octanol–water partition coefficient (Wildman–Crippen LogP) is 1.99. The van der Waals surface area contributed by atoms with Gasteiger partial charge < -0.3 is 14.8 Å². The fourth-order valence-corrected chi connectivity index (χ4v) is 1.23. The summed E-state index contributed by atoms with van der Waals surface area (Å²) < 4.78 is 35.9. The van der Waals surface area contributed by atoms with E-state index in [4.69, 9.17) is 9.47 Å². The Morgan fingerprint density at radius 2 is 1.79 bits per heavy atom. The van der Waals surface area contributed by atoms with Crippen molar-refractivity contribution in [1.82, 2.24) is 15.0 Å². The van der Waals surface area contributed by atoms with Gasteiger partial charge in [-0.15, -0.1) is 4.98 Å². The van der Waals surface area contributed by atoms with Crippen LogP contribution in [-0.4, -0.2) is 29.1 Å². The van der Waals surface area contributed by atoms with Crippen LogP contribution in [0, 0.1) is 11.6 Å². The number of hydrogen-bond acceptors (Lipinski definition) is 6. The van der Waals surface area contributed by atoms with Gasteiger partial charge in [0.15, 0.2) is 11.6 Å². The van der Waals surface area contributed by atoms with Crippen LogP contribution in [0.1, 0.15) is 0 Å². The van der Waals surface area contributed by atoms with Gasteiger partial charge in [0.25, 0.3) is 0 Å². The molecule has 0 unspecified atom stereocenters. The topological polar surface area (TPSA) is 69.2 Å². The first-order valence-electron chi connectivity index (χ1n) is 5.23. The molecule has 1 N–H and O–H groups in total. The lowest BCUT2D eigenvalue weighted by Crippen LogP contribution is -2.03. The summed E-state index contributed by atoms with van der Waals surface area (Å²) in [5, 5.41) is 2.69. The number of anilines is 1. The number of aromatic nitrogens is 3. The monoisotopic (exact) mass is 268 g/mol. The standard InChI is InChI=1S/C11H10F2N4O2/c1-14-9-15-10(18-2)17-11(16-9)19-6-3-4-7(12)8(13)5-6/h3-5H,1-2H3,(H,14,15,16,17). The second-order valence-electron chi connectivity index (χ2n) is 3.36. The Hall–Kier alpha value is -2.51. The Labute approximate surface area is 107 Å². The van der Waals surface area contributed by atoms with Crippen LogP contribution in [0.5, 0.6) is 17.8 Å². The number of nitrogens with one attached hydrogen (secondary N) is 1. The zero-order valence-corrected chi connectivity index (χ0v) is 10.1. The van der Waals surface area contributed by atoms with E-state index >= 15 is 0 Å². The van der Waals surface area contributed by atoms with Crippen LogP contribution in [0.15, 0.2) is 18.2 Å². The number of ether oxygens (including phenoxy) is 2. The van der Waals surface area contributed by atoms with Gasteiger partial charge in [-0.25, -0.2) is 8.78 Å². The Balaban J connectivity index is 2.29. The fourth-order valence-electron chi connectivity index (χ4n) is 1.23. The van der Waals surface area contributed by atoms with Crippen LogP contribution in [0.3, 0.4) is 0 Å². The first-order chi connectivity index (χ1) is 9.12. The van der Waals surface area contributed by atoms with Crippen molar-refractivity contribution < 1.29 is 18.3 Å². The molecule has 0 saturated carbocycles. The quantitative estimate of drug-likeness (QED) is 0.914. The van der Waals surface area contributed by atoms with Gasteiger partial charge in [0.2, 0.25) is 5.95 Å². The van der Waals surface area contributed by atoms with Crippen molar-refractivity contribution in [3.63, 3.8) is 0 Å². The van der Waals surface area contributed by atoms with Crippen molar-refractivity contribution in [2.75, 3.05) is 19.5 Å². The minimum absolute atomic E-state index is 0.0388. The maximum atomic E-state index is 13.0. The van der Waals surface area contributed by atoms with Crippen LogP contribution < -0.4 is 14.8 Å². The highest BCUT2D eigenvalue weighted by Gasteiger charge is 2.09. The molecule has 0 fully saturated rings. The number of hydrogen-bond donors (Lipinski definition) is 1. The second-order valence-corrected chi connectivity index (χ2v) is 3.36. The fraction of sp³-hybridized carbons (Fsp3) is 0.182. The van der Waals surface area contributed by atoms with Gasteiger partial charge in [0.1, 0.15) is 5.75 Å². The zero-order valence-electron chi connectivity index (χ0n) is 10.1. The van der Waals surface area contributed by atoms with Crippen molar-refractivity contribution >= 4 is 5.95 Å². The van der Waals surface area contributed by atoms with Gasteiger partial charge in [-0.1, -0.05) is 0 Å². The normalized spacial score (nSPS) is 10.1. The lowest BCUT2D eigenvalue weighted by molar-refractivity contribution is 0.359. The molecule has 1 aromatic carbocycles. The van der Waals surface area contributed by atoms with E-state index in [0.29, 0.717) is 0 Å². The molecule has 8 heteroatoms. The van der Waals surface area contributed by atoms with Crippen molar-refractivity contribution in [3.8, 4) is 17.8 Å². The molecule has 0 bridgehead atoms. The predicted molar refractivity (Wildman–Crippen MR) is 62.4 cm³/mol. The molecule has 0 aliphatic rings. The Morgan fingerprint density at radius 3 is 2.42 bits per heavy atom. The van der Waals surface area contributed by atoms with Gasteiger partial charge in [-0.05, 0) is 12.1 Å². The van der Waals surface area contributed by atoms with Crippen LogP contribution in [0.4, 0.5) is 14.7 Å². The molecular weight excluding hydrogens is 258 g/mol. The summed E-state index contributed by atoms with van der Waals surface area (Å²) >= 11 is 0. The van der Waals surface area contributed by atoms with Crippen molar-refractivity contribution in [1.29, 1.82) is 0 Å². The highest BCUT2D eigenvalue weighted by molar-refractivity contribution is 5.30. The number of nitrogens with zero attached hydrogens (tertiary/aromatic N) is 3. The molecule has 0 spiro atoms. The Kier molecular flexibility index (Phi) is 3.69. The van der Waals surface area contributed by atoms with E-state index in [0.717, 1.165) is 12.1 Å². The molecule has 0 aliphatic carbocycles. The summed E-state index contributed by atoms with van der Waals surface area (Å²) in [7, 11) is 2.99. The van der Waals surface area contributed by atoms with Crippen LogP contribution in [0.2, 0.25) is 0 Å². The Morgan fingerprint density at radius 1 is 1.05 bits per heavy atom. The summed E-state index contributed by atoms with van der Waals surface area (Å²) in [6.07, 6.45) is 0. The van der Waals surface area contributed by atoms with E-state index < -0.39 is 11.6 Å². The van der Waals surface area contributed by atoms with Gasteiger partial charge in [0, 0.05) is 13.1 Å². The van der Waals surface area contributed by atoms with Gasteiger partial charge in [0.05, 0.1) is 7.11 Å². The van der Waals surface area contributed by atoms with E-state index in [1.165, 1.54) is 13.2 Å². The molecule has 0 atom stereocenters. The third kappa shape index (κ3) is 3.03. The summed E-state index contributed by atoms with van der Waals surface area (Å²) in [6, 6.07) is 3.04. The molecule has 0 saturated heterocycles. The molecule has 2 rings (SSSR count). The maximum absolute atomic E-state index is 13.0. The van der Waals surface area contributed by atoms with Crippen LogP contribution in [0.25, 0.3) is 0 Å². The molecule has 1 heterocycles. The number of rotatable bonds is 4. The summed E-state index contributed by atoms with van der Waals surface area (Å²) in [5.41, 5.74) is 0. The van der Waals surface area contributed by atoms with Gasteiger partial charge in [-0.3, -0.25) is 0 Å². The molecule has 1 aromatic heterocycles. The third-order valence-corrected chi connectivity index (χ3v) is 2.10. The van der Waals surface area contributed by atoms with E-state index in [9.17, 15) is 8.78 Å². The molecule has 100 valence electrons. The largest absolute Gasteiger partial charge is 0.467 e. The first-order valence-corrected chi connectivity index (χ1v) is 5.23. The number of benzene rings is 1. The van der Waals surface area contributed by atoms with Crippen LogP contribution in [-0.2, 0) is 0 Å². The molecule has 6 nitrogen and oxygen atoms in total. The average molecular weight is 268 g/mol. The summed E-state index contributed by atoms with van der Waals surface area (Å²) in [4.78, 5) is 11.6. The minimum atomic E-state index is -1.02. The molecule has 0 radical (unpaired) electrons. The molecule has 19 heavy (non-hydrogen) atoms. The van der Waals surface area contributed by atoms with Crippen molar-refractivity contribution in [2.24, 2.45) is 0 Å². The van der Waals surface area contributed by atoms with Crippen molar-refractivity contribution in [3.05, 3.63) is 29.8 Å². The number of methoxy groups -OCH3 is 1. The minimum Gasteiger partial charge on any atom is -0.467 e. The smallest absolute Gasteiger partial charge is 0.330 e. The van der Waals surface area contributed by atoms with Gasteiger partial charge >= 0.3 is 12.0 Å². The summed E-state index contributed by atoms with van der Waals surface area (Å²) in [5.74, 6) is -1.69. The molecule has 0 amide bonds. The maximum Gasteiger partial charge on any atom is 0.330 e. The average Bonchev–Trinajstić information content (AvgIpc) is 2.42. The highest BCUT2D eigenvalue weighted by Crippen LogP contribution is 2.22. The van der Waals surface area contributed by atoms with E-state index in [1.807, 2.05) is 0 Å². The van der Waals surface area contributed by atoms with E-state index in [2.05, 4.69) is 20.3 Å². The number of halogens is 2. The zero-order chi connectivity index (χ0) is 13.8. The van der Waals surface area contributed by atoms with Crippen LogP contribution >= 0.6 is 0 Å². The second kappa shape index (κ2) is 5.42. The van der Waals surface area contributed by atoms with E-state index in [1.54, 1.807) is 7.05 Å². The molecule has 2 aromatic rings. The Bertz CT molecular complexity index is 573. The first kappa shape index (κ1) is 12.9. The van der Waals surface area contributed by atoms with Crippen molar-refractivity contribution in [2.45, 2.75) is 0 Å². The summed E-state index contributed by atoms with van der Waals surface area (Å²) in [6.45, 7) is 0. The lowest BCUT2D eigenvalue weighted by Gasteiger charge is -2.07.